The molecule has 1 amide bonds. The number of rotatable bonds is 5. The second-order valence-corrected chi connectivity index (χ2v) is 6.52. The average Bonchev–Trinajstić information content (AvgIpc) is 2.74. The van der Waals surface area contributed by atoms with Gasteiger partial charge >= 0.3 is 0 Å². The van der Waals surface area contributed by atoms with Gasteiger partial charge in [-0.05, 0) is 54.1 Å². The number of amides is 1. The largest absolute Gasteiger partial charge is 0.486 e. The molecule has 0 radical (unpaired) electrons. The van der Waals surface area contributed by atoms with E-state index < -0.39 is 0 Å². The third-order valence-corrected chi connectivity index (χ3v) is 4.54. The number of nitrogens with zero attached hydrogens (tertiary/aromatic N) is 1. The number of para-hydroxylation sites is 1. The SMILES string of the molecule is CN(C(=O)Cc1ccc2c(c1)OCCO2)c1ccc(Oc2ccccc2)cc1. The second-order valence-electron chi connectivity index (χ2n) is 6.52. The number of anilines is 1. The molecule has 0 atom stereocenters. The molecule has 0 spiro atoms. The van der Waals surface area contributed by atoms with Crippen LogP contribution in [-0.4, -0.2) is 26.2 Å². The third kappa shape index (κ3) is 4.09. The Bertz CT molecular complexity index is 954. The van der Waals surface area contributed by atoms with Crippen LogP contribution >= 0.6 is 0 Å². The number of benzene rings is 3. The molecule has 0 aliphatic carbocycles. The number of ether oxygens (including phenoxy) is 3. The maximum absolute atomic E-state index is 12.7. The van der Waals surface area contributed by atoms with Gasteiger partial charge in [-0.25, -0.2) is 0 Å². The normalized spacial score (nSPS) is 12.3. The van der Waals surface area contributed by atoms with Gasteiger partial charge in [-0.1, -0.05) is 24.3 Å². The first-order chi connectivity index (χ1) is 13.7. The van der Waals surface area contributed by atoms with Crippen LogP contribution in [-0.2, 0) is 11.2 Å². The first kappa shape index (κ1) is 17.9. The summed E-state index contributed by atoms with van der Waals surface area (Å²) >= 11 is 0. The summed E-state index contributed by atoms with van der Waals surface area (Å²) in [5.41, 5.74) is 1.70. The molecule has 1 aliphatic heterocycles. The molecule has 0 aromatic heterocycles. The summed E-state index contributed by atoms with van der Waals surface area (Å²) in [7, 11) is 1.77. The Kier molecular flexibility index (Phi) is 5.15. The van der Waals surface area contributed by atoms with Crippen LogP contribution in [0.5, 0.6) is 23.0 Å². The van der Waals surface area contributed by atoms with Crippen LogP contribution in [0.3, 0.4) is 0 Å². The molecular formula is C23H21NO4. The Morgan fingerprint density at radius 3 is 2.32 bits per heavy atom. The van der Waals surface area contributed by atoms with Gasteiger partial charge in [0.25, 0.3) is 0 Å². The highest BCUT2D eigenvalue weighted by atomic mass is 16.6. The number of fused-ring (bicyclic) bond motifs is 1. The zero-order chi connectivity index (χ0) is 19.3. The Morgan fingerprint density at radius 1 is 0.893 bits per heavy atom. The van der Waals surface area contributed by atoms with Crippen molar-refractivity contribution in [3.8, 4) is 23.0 Å². The van der Waals surface area contributed by atoms with E-state index in [9.17, 15) is 4.79 Å². The lowest BCUT2D eigenvalue weighted by Gasteiger charge is -2.20. The van der Waals surface area contributed by atoms with Crippen LogP contribution in [0.4, 0.5) is 5.69 Å². The van der Waals surface area contributed by atoms with Crippen molar-refractivity contribution in [2.75, 3.05) is 25.2 Å². The van der Waals surface area contributed by atoms with E-state index >= 15 is 0 Å². The van der Waals surface area contributed by atoms with Gasteiger partial charge in [0, 0.05) is 12.7 Å². The standard InChI is InChI=1S/C23H21NO4/c1-24(18-8-10-20(11-9-18)28-19-5-3-2-4-6-19)23(25)16-17-7-12-21-22(15-17)27-14-13-26-21/h2-12,15H,13-14,16H2,1H3. The molecule has 28 heavy (non-hydrogen) atoms. The van der Waals surface area contributed by atoms with Crippen molar-refractivity contribution in [1.29, 1.82) is 0 Å². The highest BCUT2D eigenvalue weighted by Crippen LogP contribution is 2.31. The first-order valence-electron chi connectivity index (χ1n) is 9.17. The number of carbonyl (C=O) groups is 1. The molecule has 3 aromatic carbocycles. The summed E-state index contributed by atoms with van der Waals surface area (Å²) in [5, 5.41) is 0. The fourth-order valence-corrected chi connectivity index (χ4v) is 3.00. The van der Waals surface area contributed by atoms with Gasteiger partial charge < -0.3 is 19.1 Å². The third-order valence-electron chi connectivity index (χ3n) is 4.54. The lowest BCUT2D eigenvalue weighted by molar-refractivity contribution is -0.117. The summed E-state index contributed by atoms with van der Waals surface area (Å²) in [4.78, 5) is 14.3. The van der Waals surface area contributed by atoms with E-state index in [1.807, 2.05) is 72.8 Å². The van der Waals surface area contributed by atoms with Crippen LogP contribution in [0.15, 0.2) is 72.8 Å². The van der Waals surface area contributed by atoms with Crippen molar-refractivity contribution in [1.82, 2.24) is 0 Å². The lowest BCUT2D eigenvalue weighted by Crippen LogP contribution is -2.27. The maximum Gasteiger partial charge on any atom is 0.231 e. The number of likely N-dealkylation sites (N-methyl/N-ethyl adjacent to an activating group) is 1. The molecule has 0 fully saturated rings. The molecule has 0 saturated heterocycles. The van der Waals surface area contributed by atoms with Crippen LogP contribution in [0, 0.1) is 0 Å². The molecule has 0 unspecified atom stereocenters. The van der Waals surface area contributed by atoms with Crippen LogP contribution in [0.25, 0.3) is 0 Å². The van der Waals surface area contributed by atoms with Gasteiger partial charge in [0.2, 0.25) is 5.91 Å². The fraction of sp³-hybridized carbons (Fsp3) is 0.174. The highest BCUT2D eigenvalue weighted by Gasteiger charge is 2.16. The molecule has 142 valence electrons. The van der Waals surface area contributed by atoms with E-state index in [-0.39, 0.29) is 12.3 Å². The van der Waals surface area contributed by atoms with Crippen LogP contribution in [0.2, 0.25) is 0 Å². The molecule has 1 aliphatic rings. The number of hydrogen-bond donors (Lipinski definition) is 0. The van der Waals surface area contributed by atoms with E-state index in [2.05, 4.69) is 0 Å². The molecule has 4 rings (SSSR count). The van der Waals surface area contributed by atoms with E-state index in [4.69, 9.17) is 14.2 Å². The first-order valence-corrected chi connectivity index (χ1v) is 9.17. The van der Waals surface area contributed by atoms with Crippen molar-refractivity contribution >= 4 is 11.6 Å². The van der Waals surface area contributed by atoms with Crippen LogP contribution in [0.1, 0.15) is 5.56 Å². The van der Waals surface area contributed by atoms with E-state index in [1.165, 1.54) is 0 Å². The van der Waals surface area contributed by atoms with Crippen molar-refractivity contribution in [3.63, 3.8) is 0 Å². The maximum atomic E-state index is 12.7. The minimum atomic E-state index is -0.00611. The van der Waals surface area contributed by atoms with Gasteiger partial charge in [-0.2, -0.15) is 0 Å². The van der Waals surface area contributed by atoms with Crippen molar-refractivity contribution in [2.24, 2.45) is 0 Å². The topological polar surface area (TPSA) is 48.0 Å². The van der Waals surface area contributed by atoms with Crippen LogP contribution < -0.4 is 19.1 Å². The van der Waals surface area contributed by atoms with E-state index in [0.717, 1.165) is 28.5 Å². The molecule has 1 heterocycles. The predicted molar refractivity (Wildman–Crippen MR) is 108 cm³/mol. The monoisotopic (exact) mass is 375 g/mol. The Hall–Kier alpha value is -3.47. The molecule has 5 heteroatoms. The van der Waals surface area contributed by atoms with Crippen molar-refractivity contribution < 1.29 is 19.0 Å². The zero-order valence-corrected chi connectivity index (χ0v) is 15.6. The Labute approximate surface area is 164 Å². The molecule has 0 N–H and O–H groups in total. The van der Waals surface area contributed by atoms with Gasteiger partial charge in [0.05, 0.1) is 6.42 Å². The molecule has 0 bridgehead atoms. The Morgan fingerprint density at radius 2 is 1.57 bits per heavy atom. The van der Waals surface area contributed by atoms with Gasteiger partial charge in [0.15, 0.2) is 11.5 Å². The van der Waals surface area contributed by atoms with E-state index in [1.54, 1.807) is 11.9 Å². The highest BCUT2D eigenvalue weighted by molar-refractivity contribution is 5.94. The fourth-order valence-electron chi connectivity index (χ4n) is 3.00. The second kappa shape index (κ2) is 8.05. The quantitative estimate of drug-likeness (QED) is 0.661. The van der Waals surface area contributed by atoms with Crippen molar-refractivity contribution in [3.05, 3.63) is 78.4 Å². The summed E-state index contributed by atoms with van der Waals surface area (Å²) in [6.45, 7) is 1.08. The smallest absolute Gasteiger partial charge is 0.231 e. The van der Waals surface area contributed by atoms with Gasteiger partial charge in [0.1, 0.15) is 24.7 Å². The predicted octanol–water partition coefficient (Wildman–Crippen LogP) is 4.46. The average molecular weight is 375 g/mol. The lowest BCUT2D eigenvalue weighted by atomic mass is 10.1. The summed E-state index contributed by atoms with van der Waals surface area (Å²) in [6, 6.07) is 22.7. The number of carbonyl (C=O) groups excluding carboxylic acids is 1. The molecule has 0 saturated carbocycles. The Balaban J connectivity index is 1.41. The summed E-state index contributed by atoms with van der Waals surface area (Å²) in [5.74, 6) is 2.92. The zero-order valence-electron chi connectivity index (χ0n) is 15.6. The number of hydrogen-bond acceptors (Lipinski definition) is 4. The summed E-state index contributed by atoms with van der Waals surface area (Å²) < 4.78 is 16.9. The minimum absolute atomic E-state index is 0.00611. The van der Waals surface area contributed by atoms with Gasteiger partial charge in [-0.15, -0.1) is 0 Å². The summed E-state index contributed by atoms with van der Waals surface area (Å²) in [6.07, 6.45) is 0.287. The minimum Gasteiger partial charge on any atom is -0.486 e. The van der Waals surface area contributed by atoms with E-state index in [0.29, 0.717) is 19.0 Å². The molecule has 3 aromatic rings. The van der Waals surface area contributed by atoms with Gasteiger partial charge in [-0.3, -0.25) is 4.79 Å². The molecular weight excluding hydrogens is 354 g/mol. The van der Waals surface area contributed by atoms with Crippen molar-refractivity contribution in [2.45, 2.75) is 6.42 Å². The molecule has 5 nitrogen and oxygen atoms in total.